The second-order valence-corrected chi connectivity index (χ2v) is 3.21. The average molecular weight is 182 g/mol. The van der Waals surface area contributed by atoms with Crippen molar-refractivity contribution in [2.45, 2.75) is 13.5 Å². The number of aliphatic hydroxyl groups is 1. The van der Waals surface area contributed by atoms with Crippen LogP contribution in [-0.4, -0.2) is 16.3 Å². The van der Waals surface area contributed by atoms with E-state index >= 15 is 0 Å². The Bertz CT molecular complexity index is 333. The highest BCUT2D eigenvalue weighted by molar-refractivity contribution is 5.33. The van der Waals surface area contributed by atoms with Gasteiger partial charge in [0, 0.05) is 19.3 Å². The molecule has 0 saturated heterocycles. The number of hydrogen-bond acceptors (Lipinski definition) is 3. The summed E-state index contributed by atoms with van der Waals surface area (Å²) >= 11 is 0. The van der Waals surface area contributed by atoms with Crippen molar-refractivity contribution in [2.24, 2.45) is 5.92 Å². The number of anilines is 1. The number of rotatable bonds is 3. The Hall–Kier alpha value is -1.29. The molecule has 4 nitrogen and oxygen atoms in total. The quantitative estimate of drug-likeness (QED) is 0.694. The Kier molecular flexibility index (Phi) is 3.08. The molecule has 72 valence electrons. The topological polar surface area (TPSA) is 68.2 Å². The van der Waals surface area contributed by atoms with Crippen molar-refractivity contribution in [1.29, 1.82) is 0 Å². The summed E-state index contributed by atoms with van der Waals surface area (Å²) in [6, 6.07) is 3.29. The molecule has 1 unspecified atom stereocenters. The van der Waals surface area contributed by atoms with Crippen LogP contribution in [0.5, 0.6) is 0 Å². The summed E-state index contributed by atoms with van der Waals surface area (Å²) < 4.78 is 1.51. The molecule has 13 heavy (non-hydrogen) atoms. The maximum absolute atomic E-state index is 11.4. The Labute approximate surface area is 76.6 Å². The Morgan fingerprint density at radius 3 is 3.00 bits per heavy atom. The highest BCUT2D eigenvalue weighted by atomic mass is 16.3. The zero-order chi connectivity index (χ0) is 9.84. The predicted octanol–water partition coefficient (Wildman–Crippen LogP) is 0.0589. The summed E-state index contributed by atoms with van der Waals surface area (Å²) in [5.74, 6) is 0.0690. The Balaban J connectivity index is 2.89. The number of nitrogens with two attached hydrogens (primary N) is 1. The molecule has 1 aromatic rings. The van der Waals surface area contributed by atoms with E-state index in [1.54, 1.807) is 18.3 Å². The van der Waals surface area contributed by atoms with Gasteiger partial charge in [-0.3, -0.25) is 4.79 Å². The van der Waals surface area contributed by atoms with Gasteiger partial charge in [0.15, 0.2) is 0 Å². The first-order chi connectivity index (χ1) is 6.15. The monoisotopic (exact) mass is 182 g/mol. The molecule has 1 rings (SSSR count). The van der Waals surface area contributed by atoms with Crippen molar-refractivity contribution in [2.75, 3.05) is 12.3 Å². The molecule has 0 fully saturated rings. The molecule has 0 aromatic carbocycles. The van der Waals surface area contributed by atoms with E-state index in [4.69, 9.17) is 10.8 Å². The van der Waals surface area contributed by atoms with E-state index < -0.39 is 0 Å². The summed E-state index contributed by atoms with van der Waals surface area (Å²) in [6.07, 6.45) is 1.67. The molecule has 0 aliphatic rings. The average Bonchev–Trinajstić information content (AvgIpc) is 2.13. The van der Waals surface area contributed by atoms with E-state index in [0.29, 0.717) is 6.54 Å². The highest BCUT2D eigenvalue weighted by Gasteiger charge is 2.03. The number of aromatic nitrogens is 1. The lowest BCUT2D eigenvalue weighted by molar-refractivity contribution is 0.222. The lowest BCUT2D eigenvalue weighted by Gasteiger charge is -2.10. The smallest absolute Gasteiger partial charge is 0.273 e. The molecule has 0 spiro atoms. The molecular formula is C9H14N2O2. The SMILES string of the molecule is CC(CO)Cn1cccc(N)c1=O. The normalized spacial score (nSPS) is 12.8. The van der Waals surface area contributed by atoms with Gasteiger partial charge in [-0.15, -0.1) is 0 Å². The van der Waals surface area contributed by atoms with E-state index in [0.717, 1.165) is 0 Å². The van der Waals surface area contributed by atoms with Gasteiger partial charge in [0.25, 0.3) is 5.56 Å². The number of nitrogens with zero attached hydrogens (tertiary/aromatic N) is 1. The standard InChI is InChI=1S/C9H14N2O2/c1-7(6-12)5-11-4-2-3-8(10)9(11)13/h2-4,7,12H,5-6,10H2,1H3. The van der Waals surface area contributed by atoms with E-state index in [-0.39, 0.29) is 23.8 Å². The third kappa shape index (κ3) is 2.32. The fraction of sp³-hybridized carbons (Fsp3) is 0.444. The Morgan fingerprint density at radius 1 is 1.69 bits per heavy atom. The number of pyridine rings is 1. The van der Waals surface area contributed by atoms with Gasteiger partial charge in [-0.05, 0) is 18.1 Å². The predicted molar refractivity (Wildman–Crippen MR) is 51.4 cm³/mol. The van der Waals surface area contributed by atoms with E-state index in [1.165, 1.54) is 4.57 Å². The minimum Gasteiger partial charge on any atom is -0.396 e. The van der Waals surface area contributed by atoms with Crippen molar-refractivity contribution in [3.05, 3.63) is 28.7 Å². The van der Waals surface area contributed by atoms with E-state index in [1.807, 2.05) is 6.92 Å². The molecule has 4 heteroatoms. The van der Waals surface area contributed by atoms with Crippen LogP contribution in [0.15, 0.2) is 23.1 Å². The fourth-order valence-electron chi connectivity index (χ4n) is 1.09. The van der Waals surface area contributed by atoms with Crippen molar-refractivity contribution >= 4 is 5.69 Å². The number of hydrogen-bond donors (Lipinski definition) is 2. The first kappa shape index (κ1) is 9.80. The molecule has 0 aliphatic carbocycles. The molecule has 1 aromatic heterocycles. The lowest BCUT2D eigenvalue weighted by Crippen LogP contribution is -2.25. The zero-order valence-corrected chi connectivity index (χ0v) is 7.60. The summed E-state index contributed by atoms with van der Waals surface area (Å²) in [7, 11) is 0. The third-order valence-electron chi connectivity index (χ3n) is 1.87. The van der Waals surface area contributed by atoms with Crippen LogP contribution in [0, 0.1) is 5.92 Å². The third-order valence-corrected chi connectivity index (χ3v) is 1.87. The maximum Gasteiger partial charge on any atom is 0.273 e. The van der Waals surface area contributed by atoms with Gasteiger partial charge in [0.1, 0.15) is 0 Å². The minimum atomic E-state index is -0.192. The van der Waals surface area contributed by atoms with Crippen LogP contribution in [0.2, 0.25) is 0 Å². The molecule has 3 N–H and O–H groups in total. The largest absolute Gasteiger partial charge is 0.396 e. The second kappa shape index (κ2) is 4.09. The molecule has 0 radical (unpaired) electrons. The fourth-order valence-corrected chi connectivity index (χ4v) is 1.09. The van der Waals surface area contributed by atoms with Crippen LogP contribution in [0.3, 0.4) is 0 Å². The molecule has 1 heterocycles. The van der Waals surface area contributed by atoms with Gasteiger partial charge in [-0.25, -0.2) is 0 Å². The van der Waals surface area contributed by atoms with Crippen molar-refractivity contribution in [3.8, 4) is 0 Å². The molecular weight excluding hydrogens is 168 g/mol. The molecule has 0 aliphatic heterocycles. The summed E-state index contributed by atoms with van der Waals surface area (Å²) in [5.41, 5.74) is 5.49. The summed E-state index contributed by atoms with van der Waals surface area (Å²) in [6.45, 7) is 2.44. The molecule has 0 bridgehead atoms. The van der Waals surface area contributed by atoms with Crippen LogP contribution in [0.25, 0.3) is 0 Å². The minimum absolute atomic E-state index is 0.0690. The molecule has 1 atom stereocenters. The van der Waals surface area contributed by atoms with Crippen molar-refractivity contribution in [1.82, 2.24) is 4.57 Å². The summed E-state index contributed by atoms with van der Waals surface area (Å²) in [5, 5.41) is 8.81. The van der Waals surface area contributed by atoms with Crippen LogP contribution in [-0.2, 0) is 6.54 Å². The highest BCUT2D eigenvalue weighted by Crippen LogP contribution is 1.98. The van der Waals surface area contributed by atoms with E-state index in [9.17, 15) is 4.79 Å². The van der Waals surface area contributed by atoms with E-state index in [2.05, 4.69) is 0 Å². The Morgan fingerprint density at radius 2 is 2.38 bits per heavy atom. The zero-order valence-electron chi connectivity index (χ0n) is 7.60. The number of aliphatic hydroxyl groups excluding tert-OH is 1. The molecule has 0 saturated carbocycles. The first-order valence-corrected chi connectivity index (χ1v) is 4.21. The maximum atomic E-state index is 11.4. The van der Waals surface area contributed by atoms with Crippen molar-refractivity contribution in [3.63, 3.8) is 0 Å². The number of nitrogen functional groups attached to an aromatic ring is 1. The molecule has 0 amide bonds. The van der Waals surface area contributed by atoms with Gasteiger partial charge in [-0.2, -0.15) is 0 Å². The van der Waals surface area contributed by atoms with Gasteiger partial charge in [0.05, 0.1) is 5.69 Å². The van der Waals surface area contributed by atoms with Gasteiger partial charge in [-0.1, -0.05) is 6.92 Å². The van der Waals surface area contributed by atoms with Gasteiger partial charge < -0.3 is 15.4 Å². The van der Waals surface area contributed by atoms with Crippen LogP contribution in [0.1, 0.15) is 6.92 Å². The van der Waals surface area contributed by atoms with Gasteiger partial charge >= 0.3 is 0 Å². The van der Waals surface area contributed by atoms with Crippen LogP contribution >= 0.6 is 0 Å². The van der Waals surface area contributed by atoms with Crippen LogP contribution < -0.4 is 11.3 Å². The summed E-state index contributed by atoms with van der Waals surface area (Å²) in [4.78, 5) is 11.4. The second-order valence-electron chi connectivity index (χ2n) is 3.21. The van der Waals surface area contributed by atoms with Gasteiger partial charge in [0.2, 0.25) is 0 Å². The van der Waals surface area contributed by atoms with Crippen molar-refractivity contribution < 1.29 is 5.11 Å². The first-order valence-electron chi connectivity index (χ1n) is 4.21. The lowest BCUT2D eigenvalue weighted by atomic mass is 10.2. The van der Waals surface area contributed by atoms with Crippen LogP contribution in [0.4, 0.5) is 5.69 Å².